The first kappa shape index (κ1) is 19.3. The molecule has 142 valence electrons. The predicted octanol–water partition coefficient (Wildman–Crippen LogP) is 4.05. The van der Waals surface area contributed by atoms with Crippen LogP contribution in [0.3, 0.4) is 0 Å². The molecule has 3 rings (SSSR count). The van der Waals surface area contributed by atoms with Crippen LogP contribution in [-0.4, -0.2) is 34.5 Å². The number of nitriles is 1. The molecule has 0 N–H and O–H groups in total. The molecule has 0 unspecified atom stereocenters. The smallest absolute Gasteiger partial charge is 0.253 e. The summed E-state index contributed by atoms with van der Waals surface area (Å²) < 4.78 is 5.20. The number of carbonyl (C=O) groups is 1. The maximum absolute atomic E-state index is 12.8. The number of amides is 1. The summed E-state index contributed by atoms with van der Waals surface area (Å²) in [4.78, 5) is 18.8. The average Bonchev–Trinajstić information content (AvgIpc) is 3.21. The van der Waals surface area contributed by atoms with Gasteiger partial charge in [-0.2, -0.15) is 10.2 Å². The maximum atomic E-state index is 12.8. The van der Waals surface area contributed by atoms with E-state index in [1.807, 2.05) is 50.2 Å². The number of hydrogen-bond acceptors (Lipinski definition) is 5. The molecule has 2 aromatic carbocycles. The van der Waals surface area contributed by atoms with Crippen LogP contribution in [0.2, 0.25) is 0 Å². The summed E-state index contributed by atoms with van der Waals surface area (Å²) >= 11 is 0. The average molecular weight is 374 g/mol. The fourth-order valence-electron chi connectivity index (χ4n) is 2.79. The number of carbonyl (C=O) groups excluding carboxylic acids is 1. The molecule has 0 aliphatic heterocycles. The van der Waals surface area contributed by atoms with Crippen LogP contribution in [0, 0.1) is 11.3 Å². The first-order chi connectivity index (χ1) is 13.5. The lowest BCUT2D eigenvalue weighted by molar-refractivity contribution is 0.0796. The topological polar surface area (TPSA) is 83.0 Å². The highest BCUT2D eigenvalue weighted by molar-refractivity contribution is 5.95. The summed E-state index contributed by atoms with van der Waals surface area (Å²) in [7, 11) is 1.76. The standard InChI is InChI=1S/C22H22N4O2/c1-15(2)21-24-20(25-28-21)10-11-26(3)22(27)19-9-5-8-18(13-19)17-7-4-6-16(12-17)14-23/h4-9,12-13,15H,10-11H2,1-3H3. The molecule has 0 aliphatic carbocycles. The minimum Gasteiger partial charge on any atom is -0.341 e. The van der Waals surface area contributed by atoms with Crippen LogP contribution in [0.15, 0.2) is 53.1 Å². The maximum Gasteiger partial charge on any atom is 0.253 e. The van der Waals surface area contributed by atoms with Gasteiger partial charge in [-0.15, -0.1) is 0 Å². The molecule has 28 heavy (non-hydrogen) atoms. The summed E-state index contributed by atoms with van der Waals surface area (Å²) in [6.07, 6.45) is 0.530. The third-order valence-corrected chi connectivity index (χ3v) is 4.43. The third kappa shape index (κ3) is 4.44. The number of benzene rings is 2. The molecule has 1 amide bonds. The molecule has 0 radical (unpaired) electrons. The predicted molar refractivity (Wildman–Crippen MR) is 106 cm³/mol. The molecule has 0 aliphatic rings. The molecule has 0 bridgehead atoms. The SMILES string of the molecule is CC(C)c1nc(CCN(C)C(=O)c2cccc(-c3cccc(C#N)c3)c2)no1. The molecule has 1 heterocycles. The van der Waals surface area contributed by atoms with Crippen molar-refractivity contribution in [1.82, 2.24) is 15.0 Å². The van der Waals surface area contributed by atoms with E-state index in [0.29, 0.717) is 35.8 Å². The highest BCUT2D eigenvalue weighted by Gasteiger charge is 2.15. The molecule has 0 spiro atoms. The normalized spacial score (nSPS) is 10.7. The highest BCUT2D eigenvalue weighted by Crippen LogP contribution is 2.22. The zero-order valence-electron chi connectivity index (χ0n) is 16.2. The van der Waals surface area contributed by atoms with Gasteiger partial charge < -0.3 is 9.42 Å². The van der Waals surface area contributed by atoms with E-state index >= 15 is 0 Å². The molecule has 1 aromatic heterocycles. The summed E-state index contributed by atoms with van der Waals surface area (Å²) in [6, 6.07) is 16.9. The summed E-state index contributed by atoms with van der Waals surface area (Å²) in [5.41, 5.74) is 2.99. The number of likely N-dealkylation sites (N-methyl/N-ethyl adjacent to an activating group) is 1. The monoisotopic (exact) mass is 374 g/mol. The van der Waals surface area contributed by atoms with E-state index in [-0.39, 0.29) is 11.8 Å². The number of aromatic nitrogens is 2. The third-order valence-electron chi connectivity index (χ3n) is 4.43. The van der Waals surface area contributed by atoms with E-state index in [0.717, 1.165) is 11.1 Å². The first-order valence-electron chi connectivity index (χ1n) is 9.16. The van der Waals surface area contributed by atoms with Gasteiger partial charge >= 0.3 is 0 Å². The Balaban J connectivity index is 1.70. The minimum absolute atomic E-state index is 0.0779. The Labute approximate surface area is 164 Å². The van der Waals surface area contributed by atoms with E-state index in [1.54, 1.807) is 24.1 Å². The second-order valence-electron chi connectivity index (χ2n) is 6.95. The van der Waals surface area contributed by atoms with Gasteiger partial charge in [-0.1, -0.05) is 43.3 Å². The lowest BCUT2D eigenvalue weighted by Crippen LogP contribution is -2.29. The van der Waals surface area contributed by atoms with Crippen molar-refractivity contribution in [3.05, 3.63) is 71.4 Å². The lowest BCUT2D eigenvalue weighted by atomic mass is 10.0. The van der Waals surface area contributed by atoms with Crippen molar-refractivity contribution < 1.29 is 9.32 Å². The zero-order chi connectivity index (χ0) is 20.1. The largest absolute Gasteiger partial charge is 0.341 e. The van der Waals surface area contributed by atoms with Gasteiger partial charge in [0.2, 0.25) is 5.89 Å². The Morgan fingerprint density at radius 1 is 1.18 bits per heavy atom. The zero-order valence-corrected chi connectivity index (χ0v) is 16.2. The lowest BCUT2D eigenvalue weighted by Gasteiger charge is -2.16. The van der Waals surface area contributed by atoms with Crippen LogP contribution in [0.4, 0.5) is 0 Å². The molecule has 0 fully saturated rings. The Morgan fingerprint density at radius 2 is 1.89 bits per heavy atom. The van der Waals surface area contributed by atoms with Gasteiger partial charge in [0.1, 0.15) is 0 Å². The fourth-order valence-corrected chi connectivity index (χ4v) is 2.79. The van der Waals surface area contributed by atoms with Crippen molar-refractivity contribution in [1.29, 1.82) is 5.26 Å². The van der Waals surface area contributed by atoms with Crippen molar-refractivity contribution in [2.45, 2.75) is 26.2 Å². The number of hydrogen-bond donors (Lipinski definition) is 0. The summed E-state index contributed by atoms with van der Waals surface area (Å²) in [5.74, 6) is 1.32. The summed E-state index contributed by atoms with van der Waals surface area (Å²) in [6.45, 7) is 4.47. The van der Waals surface area contributed by atoms with E-state index in [1.165, 1.54) is 0 Å². The Morgan fingerprint density at radius 3 is 2.57 bits per heavy atom. The van der Waals surface area contributed by atoms with Gasteiger partial charge in [0, 0.05) is 31.5 Å². The molecule has 0 saturated heterocycles. The Kier molecular flexibility index (Phi) is 5.85. The Hall–Kier alpha value is -3.46. The molecule has 0 atom stereocenters. The van der Waals surface area contributed by atoms with Crippen LogP contribution in [0.1, 0.15) is 47.4 Å². The molecular formula is C22H22N4O2. The van der Waals surface area contributed by atoms with Gasteiger partial charge in [-0.3, -0.25) is 4.79 Å². The Bertz CT molecular complexity index is 1020. The highest BCUT2D eigenvalue weighted by atomic mass is 16.5. The van der Waals surface area contributed by atoms with E-state index < -0.39 is 0 Å². The van der Waals surface area contributed by atoms with E-state index in [4.69, 9.17) is 9.78 Å². The van der Waals surface area contributed by atoms with E-state index in [9.17, 15) is 4.79 Å². The number of nitrogens with zero attached hydrogens (tertiary/aromatic N) is 4. The summed E-state index contributed by atoms with van der Waals surface area (Å²) in [5, 5.41) is 13.0. The van der Waals surface area contributed by atoms with Gasteiger partial charge in [-0.25, -0.2) is 0 Å². The second-order valence-corrected chi connectivity index (χ2v) is 6.95. The minimum atomic E-state index is -0.0779. The van der Waals surface area contributed by atoms with Crippen molar-refractivity contribution >= 4 is 5.91 Å². The van der Waals surface area contributed by atoms with Gasteiger partial charge in [0.05, 0.1) is 11.6 Å². The van der Waals surface area contributed by atoms with Crippen LogP contribution in [0.25, 0.3) is 11.1 Å². The molecule has 0 saturated carbocycles. The number of rotatable bonds is 6. The molecule has 3 aromatic rings. The fraction of sp³-hybridized carbons (Fsp3) is 0.273. The van der Waals surface area contributed by atoms with Gasteiger partial charge in [0.15, 0.2) is 5.82 Å². The molecule has 6 heteroatoms. The van der Waals surface area contributed by atoms with Crippen LogP contribution >= 0.6 is 0 Å². The first-order valence-corrected chi connectivity index (χ1v) is 9.16. The van der Waals surface area contributed by atoms with Crippen LogP contribution < -0.4 is 0 Å². The van der Waals surface area contributed by atoms with Crippen LogP contribution in [-0.2, 0) is 6.42 Å². The van der Waals surface area contributed by atoms with Crippen molar-refractivity contribution in [3.63, 3.8) is 0 Å². The van der Waals surface area contributed by atoms with Crippen LogP contribution in [0.5, 0.6) is 0 Å². The van der Waals surface area contributed by atoms with Crippen molar-refractivity contribution in [2.75, 3.05) is 13.6 Å². The van der Waals surface area contributed by atoms with Gasteiger partial charge in [-0.05, 0) is 35.4 Å². The molecular weight excluding hydrogens is 352 g/mol. The quantitative estimate of drug-likeness (QED) is 0.650. The van der Waals surface area contributed by atoms with Crippen molar-refractivity contribution in [3.8, 4) is 17.2 Å². The molecule has 6 nitrogen and oxygen atoms in total. The van der Waals surface area contributed by atoms with Gasteiger partial charge in [0.25, 0.3) is 5.91 Å². The van der Waals surface area contributed by atoms with E-state index in [2.05, 4.69) is 16.2 Å². The van der Waals surface area contributed by atoms with Crippen molar-refractivity contribution in [2.24, 2.45) is 0 Å². The second kappa shape index (κ2) is 8.49.